The number of nitrogens with zero attached hydrogens (tertiary/aromatic N) is 1. The summed E-state index contributed by atoms with van der Waals surface area (Å²) in [5, 5.41) is 24.3. The van der Waals surface area contributed by atoms with E-state index in [-0.39, 0.29) is 11.5 Å². The lowest BCUT2D eigenvalue weighted by atomic mass is 10.1. The number of rotatable bonds is 7. The van der Waals surface area contributed by atoms with Gasteiger partial charge in [0.25, 0.3) is 0 Å². The molecule has 0 aliphatic carbocycles. The Kier molecular flexibility index (Phi) is 6.22. The molecule has 0 atom stereocenters. The fourth-order valence-electron chi connectivity index (χ4n) is 3.08. The molecule has 0 radical (unpaired) electrons. The van der Waals surface area contributed by atoms with Crippen molar-refractivity contribution in [3.8, 4) is 5.75 Å². The number of aromatic hydroxyl groups is 1. The molecule has 28 heavy (non-hydrogen) atoms. The number of halogens is 2. The zero-order valence-corrected chi connectivity index (χ0v) is 16.9. The van der Waals surface area contributed by atoms with Gasteiger partial charge in [0.15, 0.2) is 0 Å². The molecular formula is C22H22Cl2N2O2. The summed E-state index contributed by atoms with van der Waals surface area (Å²) >= 11 is 12.0. The number of hydrogen-bond donors (Lipinski definition) is 3. The van der Waals surface area contributed by atoms with Crippen LogP contribution >= 0.6 is 23.2 Å². The molecule has 1 heterocycles. The van der Waals surface area contributed by atoms with Gasteiger partial charge in [-0.3, -0.25) is 0 Å². The third-order valence-electron chi connectivity index (χ3n) is 4.69. The predicted molar refractivity (Wildman–Crippen MR) is 116 cm³/mol. The van der Waals surface area contributed by atoms with Crippen LogP contribution in [0.15, 0.2) is 78.3 Å². The van der Waals surface area contributed by atoms with E-state index in [4.69, 9.17) is 23.2 Å². The molecule has 0 saturated heterocycles. The van der Waals surface area contributed by atoms with Crippen molar-refractivity contribution in [2.24, 2.45) is 0 Å². The van der Waals surface area contributed by atoms with E-state index in [1.807, 2.05) is 17.0 Å². The summed E-state index contributed by atoms with van der Waals surface area (Å²) in [7, 11) is 0. The number of benzene rings is 2. The minimum Gasteiger partial charge on any atom is -0.508 e. The van der Waals surface area contributed by atoms with Crippen molar-refractivity contribution >= 4 is 28.9 Å². The number of hydrogen-bond acceptors (Lipinski definition) is 4. The molecule has 4 nitrogen and oxygen atoms in total. The van der Waals surface area contributed by atoms with Gasteiger partial charge >= 0.3 is 0 Å². The lowest BCUT2D eigenvalue weighted by Crippen LogP contribution is -2.21. The molecule has 2 aromatic rings. The van der Waals surface area contributed by atoms with E-state index in [1.54, 1.807) is 30.3 Å². The maximum atomic E-state index is 10.5. The zero-order chi connectivity index (χ0) is 20.3. The highest BCUT2D eigenvalue weighted by Crippen LogP contribution is 2.33. The summed E-state index contributed by atoms with van der Waals surface area (Å²) in [5.74, 6) is 0.328. The van der Waals surface area contributed by atoms with Gasteiger partial charge in [-0.15, -0.1) is 0 Å². The van der Waals surface area contributed by atoms with Crippen LogP contribution in [0.25, 0.3) is 0 Å². The van der Waals surface area contributed by atoms with Gasteiger partial charge in [-0.2, -0.15) is 0 Å². The number of phenolic OH excluding ortho intramolecular Hbond substituents is 1. The molecular weight excluding hydrogens is 395 g/mol. The summed E-state index contributed by atoms with van der Waals surface area (Å²) in [5.41, 5.74) is 3.87. The molecule has 2 aromatic carbocycles. The lowest BCUT2D eigenvalue weighted by Gasteiger charge is -2.20. The van der Waals surface area contributed by atoms with Crippen LogP contribution in [0.5, 0.6) is 5.75 Å². The van der Waals surface area contributed by atoms with Gasteiger partial charge in [0, 0.05) is 23.5 Å². The van der Waals surface area contributed by atoms with E-state index in [0.717, 1.165) is 24.1 Å². The van der Waals surface area contributed by atoms with Crippen LogP contribution in [-0.2, 0) is 6.42 Å². The normalized spacial score (nSPS) is 13.9. The summed E-state index contributed by atoms with van der Waals surface area (Å²) < 4.78 is 0. The Morgan fingerprint density at radius 3 is 2.46 bits per heavy atom. The number of aliphatic hydroxyl groups excluding tert-OH is 1. The second-order valence-electron chi connectivity index (χ2n) is 6.63. The molecule has 0 aromatic heterocycles. The van der Waals surface area contributed by atoms with E-state index >= 15 is 0 Å². The van der Waals surface area contributed by atoms with Gasteiger partial charge in [-0.1, -0.05) is 42.4 Å². The highest BCUT2D eigenvalue weighted by Gasteiger charge is 2.27. The first-order chi connectivity index (χ1) is 13.4. The Bertz CT molecular complexity index is 936. The first-order valence-electron chi connectivity index (χ1n) is 8.92. The minimum atomic E-state index is 0.134. The van der Waals surface area contributed by atoms with Crippen molar-refractivity contribution in [2.45, 2.75) is 12.8 Å². The van der Waals surface area contributed by atoms with Gasteiger partial charge in [0.1, 0.15) is 11.5 Å². The average Bonchev–Trinajstić information content (AvgIpc) is 2.97. The van der Waals surface area contributed by atoms with Crippen LogP contribution < -0.4 is 10.2 Å². The van der Waals surface area contributed by atoms with Gasteiger partial charge in [0.2, 0.25) is 0 Å². The third kappa shape index (κ3) is 4.46. The van der Waals surface area contributed by atoms with Crippen molar-refractivity contribution < 1.29 is 10.2 Å². The Hall–Kier alpha value is -2.56. The van der Waals surface area contributed by atoms with E-state index in [9.17, 15) is 10.2 Å². The average molecular weight is 417 g/mol. The van der Waals surface area contributed by atoms with Crippen LogP contribution in [0.2, 0.25) is 10.0 Å². The van der Waals surface area contributed by atoms with E-state index < -0.39 is 0 Å². The highest BCUT2D eigenvalue weighted by atomic mass is 35.5. The van der Waals surface area contributed by atoms with Crippen molar-refractivity contribution in [1.82, 2.24) is 5.32 Å². The van der Waals surface area contributed by atoms with Gasteiger partial charge in [0.05, 0.1) is 22.3 Å². The topological polar surface area (TPSA) is 55.7 Å². The van der Waals surface area contributed by atoms with E-state index in [1.165, 1.54) is 0 Å². The summed E-state index contributed by atoms with van der Waals surface area (Å²) in [6, 6.07) is 12.4. The fraction of sp³-hybridized carbons (Fsp3) is 0.182. The van der Waals surface area contributed by atoms with Crippen molar-refractivity contribution in [3.63, 3.8) is 0 Å². The molecule has 0 amide bonds. The molecule has 146 valence electrons. The molecule has 1 aliphatic heterocycles. The van der Waals surface area contributed by atoms with Crippen molar-refractivity contribution in [3.05, 3.63) is 94.0 Å². The number of aliphatic hydroxyl groups is 1. The fourth-order valence-corrected chi connectivity index (χ4v) is 3.40. The zero-order valence-electron chi connectivity index (χ0n) is 15.4. The minimum absolute atomic E-state index is 0.134. The molecule has 3 rings (SSSR count). The highest BCUT2D eigenvalue weighted by molar-refractivity contribution is 6.42. The van der Waals surface area contributed by atoms with Crippen LogP contribution in [0.3, 0.4) is 0 Å². The maximum Gasteiger partial charge on any atom is 0.145 e. The SMILES string of the molecule is C=C(NCCCc1ccc(Cl)c(Cl)c1)C1=C(O)C(=C)N(c2ccc(O)cc2)C1. The number of nitrogens with one attached hydrogen (secondary N) is 1. The van der Waals surface area contributed by atoms with Gasteiger partial charge in [-0.25, -0.2) is 0 Å². The van der Waals surface area contributed by atoms with Crippen molar-refractivity contribution in [1.29, 1.82) is 0 Å². The maximum absolute atomic E-state index is 10.5. The van der Waals surface area contributed by atoms with Crippen LogP contribution in [-0.4, -0.2) is 23.3 Å². The Balaban J connectivity index is 1.54. The molecule has 0 saturated carbocycles. The third-order valence-corrected chi connectivity index (χ3v) is 5.43. The summed E-state index contributed by atoms with van der Waals surface area (Å²) in [6.45, 7) is 9.20. The van der Waals surface area contributed by atoms with Crippen LogP contribution in [0.4, 0.5) is 5.69 Å². The standard InChI is InChI=1S/C22H22Cl2N2O2/c1-14(25-11-3-4-16-5-10-20(23)21(24)12-16)19-13-26(15(2)22(19)28)17-6-8-18(27)9-7-17/h5-10,12,25,27-28H,1-4,11,13H2. The Labute approximate surface area is 175 Å². The molecule has 0 unspecified atom stereocenters. The second kappa shape index (κ2) is 8.63. The smallest absolute Gasteiger partial charge is 0.145 e. The monoisotopic (exact) mass is 416 g/mol. The quantitative estimate of drug-likeness (QED) is 0.515. The van der Waals surface area contributed by atoms with Gasteiger partial charge < -0.3 is 20.4 Å². The van der Waals surface area contributed by atoms with Gasteiger partial charge in [-0.05, 0) is 54.8 Å². The van der Waals surface area contributed by atoms with Crippen LogP contribution in [0, 0.1) is 0 Å². The van der Waals surface area contributed by atoms with E-state index in [0.29, 0.717) is 40.1 Å². The molecule has 0 bridgehead atoms. The second-order valence-corrected chi connectivity index (χ2v) is 7.45. The Morgan fingerprint density at radius 1 is 1.07 bits per heavy atom. The largest absolute Gasteiger partial charge is 0.508 e. The summed E-state index contributed by atoms with van der Waals surface area (Å²) in [4.78, 5) is 1.88. The predicted octanol–water partition coefficient (Wildman–Crippen LogP) is 5.58. The Morgan fingerprint density at radius 2 is 1.79 bits per heavy atom. The van der Waals surface area contributed by atoms with E-state index in [2.05, 4.69) is 18.5 Å². The number of anilines is 1. The molecule has 1 aliphatic rings. The van der Waals surface area contributed by atoms with Crippen LogP contribution in [0.1, 0.15) is 12.0 Å². The first kappa shape index (κ1) is 20.2. The summed E-state index contributed by atoms with van der Waals surface area (Å²) in [6.07, 6.45) is 1.74. The molecule has 0 fully saturated rings. The number of aryl methyl sites for hydroxylation is 1. The number of phenols is 1. The molecule has 3 N–H and O–H groups in total. The van der Waals surface area contributed by atoms with Crippen molar-refractivity contribution in [2.75, 3.05) is 18.0 Å². The molecule has 0 spiro atoms. The molecule has 6 heteroatoms. The first-order valence-corrected chi connectivity index (χ1v) is 9.67. The lowest BCUT2D eigenvalue weighted by molar-refractivity contribution is 0.422.